The lowest BCUT2D eigenvalue weighted by atomic mass is 9.82. The molecule has 2 atom stereocenters. The zero-order valence-corrected chi connectivity index (χ0v) is 9.11. The fourth-order valence-electron chi connectivity index (χ4n) is 2.55. The highest BCUT2D eigenvalue weighted by Crippen LogP contribution is 2.31. The highest BCUT2D eigenvalue weighted by molar-refractivity contribution is 5.20. The molecular weight excluding hydrogens is 170 g/mol. The van der Waals surface area contributed by atoms with Gasteiger partial charge in [0, 0.05) is 6.54 Å². The number of hydrogen-bond acceptors (Lipinski definition) is 1. The number of likely N-dealkylation sites (tertiary alicyclic amines) is 1. The first-order valence-electron chi connectivity index (χ1n) is 5.51. The van der Waals surface area contributed by atoms with Gasteiger partial charge in [0.15, 0.2) is 0 Å². The van der Waals surface area contributed by atoms with E-state index in [4.69, 9.17) is 0 Å². The molecule has 76 valence electrons. The standard InChI is InChI=1S/C13H19N/c1-11-10-14(2)9-8-13(11)12-6-4-3-5-7-12/h3-7,11,13H,8-10H2,1-2H3/t11-,13?/m1/s1. The topological polar surface area (TPSA) is 3.24 Å². The van der Waals surface area contributed by atoms with Crippen molar-refractivity contribution in [2.75, 3.05) is 20.1 Å². The maximum absolute atomic E-state index is 2.43. The molecule has 0 radical (unpaired) electrons. The van der Waals surface area contributed by atoms with Crippen LogP contribution in [0.4, 0.5) is 0 Å². The fourth-order valence-corrected chi connectivity index (χ4v) is 2.55. The largest absolute Gasteiger partial charge is 0.306 e. The van der Waals surface area contributed by atoms with Crippen LogP contribution in [0.15, 0.2) is 30.3 Å². The second-order valence-electron chi connectivity index (χ2n) is 4.55. The van der Waals surface area contributed by atoms with Gasteiger partial charge < -0.3 is 4.90 Å². The lowest BCUT2D eigenvalue weighted by Crippen LogP contribution is -2.35. The molecule has 1 aliphatic rings. The lowest BCUT2D eigenvalue weighted by Gasteiger charge is -2.35. The summed E-state index contributed by atoms with van der Waals surface area (Å²) in [6.45, 7) is 4.84. The van der Waals surface area contributed by atoms with E-state index in [0.29, 0.717) is 0 Å². The molecule has 1 aromatic carbocycles. The third kappa shape index (κ3) is 1.98. The first-order valence-corrected chi connectivity index (χ1v) is 5.51. The maximum Gasteiger partial charge on any atom is 0.000982 e. The van der Waals surface area contributed by atoms with Gasteiger partial charge in [-0.3, -0.25) is 0 Å². The van der Waals surface area contributed by atoms with Gasteiger partial charge in [0.25, 0.3) is 0 Å². The lowest BCUT2D eigenvalue weighted by molar-refractivity contribution is 0.195. The number of piperidine rings is 1. The molecular formula is C13H19N. The average molecular weight is 189 g/mol. The van der Waals surface area contributed by atoms with Gasteiger partial charge in [-0.05, 0) is 37.4 Å². The summed E-state index contributed by atoms with van der Waals surface area (Å²) in [4.78, 5) is 2.43. The first-order chi connectivity index (χ1) is 6.77. The molecule has 0 saturated carbocycles. The van der Waals surface area contributed by atoms with E-state index in [0.717, 1.165) is 11.8 Å². The van der Waals surface area contributed by atoms with Gasteiger partial charge in [-0.1, -0.05) is 37.3 Å². The van der Waals surface area contributed by atoms with Crippen LogP contribution in [0.5, 0.6) is 0 Å². The Hall–Kier alpha value is -0.820. The van der Waals surface area contributed by atoms with Crippen molar-refractivity contribution in [2.24, 2.45) is 5.92 Å². The molecule has 1 unspecified atom stereocenters. The fraction of sp³-hybridized carbons (Fsp3) is 0.538. The van der Waals surface area contributed by atoms with Crippen molar-refractivity contribution in [1.82, 2.24) is 4.90 Å². The Kier molecular flexibility index (Phi) is 2.87. The number of benzene rings is 1. The summed E-state index contributed by atoms with van der Waals surface area (Å²) in [5.74, 6) is 1.56. The third-order valence-electron chi connectivity index (χ3n) is 3.34. The number of hydrogen-bond donors (Lipinski definition) is 0. The molecule has 0 bridgehead atoms. The maximum atomic E-state index is 2.43. The molecule has 0 amide bonds. The van der Waals surface area contributed by atoms with E-state index in [-0.39, 0.29) is 0 Å². The summed E-state index contributed by atoms with van der Waals surface area (Å²) in [5.41, 5.74) is 1.52. The van der Waals surface area contributed by atoms with E-state index in [1.54, 1.807) is 0 Å². The smallest absolute Gasteiger partial charge is 0.000982 e. The predicted molar refractivity (Wildman–Crippen MR) is 60.5 cm³/mol. The Bertz CT molecular complexity index is 281. The minimum absolute atomic E-state index is 0.771. The van der Waals surface area contributed by atoms with Crippen molar-refractivity contribution in [1.29, 1.82) is 0 Å². The van der Waals surface area contributed by atoms with Gasteiger partial charge in [0.05, 0.1) is 0 Å². The monoisotopic (exact) mass is 189 g/mol. The van der Waals surface area contributed by atoms with Crippen LogP contribution in [0, 0.1) is 5.92 Å². The van der Waals surface area contributed by atoms with Crippen molar-refractivity contribution in [3.8, 4) is 0 Å². The minimum Gasteiger partial charge on any atom is -0.306 e. The van der Waals surface area contributed by atoms with Gasteiger partial charge in [-0.25, -0.2) is 0 Å². The Morgan fingerprint density at radius 1 is 1.21 bits per heavy atom. The molecule has 1 saturated heterocycles. The van der Waals surface area contributed by atoms with Crippen molar-refractivity contribution < 1.29 is 0 Å². The molecule has 2 rings (SSSR count). The number of rotatable bonds is 1. The average Bonchev–Trinajstić information content (AvgIpc) is 2.19. The quantitative estimate of drug-likeness (QED) is 0.656. The van der Waals surface area contributed by atoms with Gasteiger partial charge in [-0.2, -0.15) is 0 Å². The molecule has 1 fully saturated rings. The Labute approximate surface area is 86.7 Å². The van der Waals surface area contributed by atoms with Crippen LogP contribution in [0.3, 0.4) is 0 Å². The van der Waals surface area contributed by atoms with Crippen LogP contribution in [0.25, 0.3) is 0 Å². The van der Waals surface area contributed by atoms with Crippen molar-refractivity contribution >= 4 is 0 Å². The van der Waals surface area contributed by atoms with E-state index in [1.165, 1.54) is 25.1 Å². The highest BCUT2D eigenvalue weighted by Gasteiger charge is 2.24. The summed E-state index contributed by atoms with van der Waals surface area (Å²) >= 11 is 0. The molecule has 1 heteroatoms. The zero-order chi connectivity index (χ0) is 9.97. The summed E-state index contributed by atoms with van der Waals surface area (Å²) in [6.07, 6.45) is 1.31. The Balaban J connectivity index is 2.12. The van der Waals surface area contributed by atoms with Gasteiger partial charge in [-0.15, -0.1) is 0 Å². The van der Waals surface area contributed by atoms with Crippen LogP contribution in [0.1, 0.15) is 24.8 Å². The third-order valence-corrected chi connectivity index (χ3v) is 3.34. The van der Waals surface area contributed by atoms with Crippen LogP contribution in [-0.2, 0) is 0 Å². The Morgan fingerprint density at radius 3 is 2.57 bits per heavy atom. The summed E-state index contributed by atoms with van der Waals surface area (Å²) < 4.78 is 0. The SMILES string of the molecule is C[C@@H]1CN(C)CCC1c1ccccc1. The molecule has 0 aliphatic carbocycles. The second kappa shape index (κ2) is 4.14. The molecule has 1 aliphatic heterocycles. The van der Waals surface area contributed by atoms with Crippen LogP contribution < -0.4 is 0 Å². The number of nitrogens with zero attached hydrogens (tertiary/aromatic N) is 1. The van der Waals surface area contributed by atoms with Crippen LogP contribution >= 0.6 is 0 Å². The van der Waals surface area contributed by atoms with E-state index < -0.39 is 0 Å². The van der Waals surface area contributed by atoms with E-state index in [9.17, 15) is 0 Å². The molecule has 1 heterocycles. The van der Waals surface area contributed by atoms with Crippen LogP contribution in [-0.4, -0.2) is 25.0 Å². The van der Waals surface area contributed by atoms with Gasteiger partial charge >= 0.3 is 0 Å². The van der Waals surface area contributed by atoms with E-state index in [1.807, 2.05) is 0 Å². The zero-order valence-electron chi connectivity index (χ0n) is 9.11. The minimum atomic E-state index is 0.771. The highest BCUT2D eigenvalue weighted by atomic mass is 15.1. The van der Waals surface area contributed by atoms with Crippen molar-refractivity contribution in [2.45, 2.75) is 19.3 Å². The molecule has 0 aromatic heterocycles. The van der Waals surface area contributed by atoms with Crippen molar-refractivity contribution in [3.63, 3.8) is 0 Å². The molecule has 0 spiro atoms. The second-order valence-corrected chi connectivity index (χ2v) is 4.55. The van der Waals surface area contributed by atoms with Crippen molar-refractivity contribution in [3.05, 3.63) is 35.9 Å². The summed E-state index contributed by atoms with van der Waals surface area (Å²) in [5, 5.41) is 0. The molecule has 0 N–H and O–H groups in total. The molecule has 1 nitrogen and oxygen atoms in total. The van der Waals surface area contributed by atoms with Gasteiger partial charge in [0.2, 0.25) is 0 Å². The Morgan fingerprint density at radius 2 is 1.93 bits per heavy atom. The summed E-state index contributed by atoms with van der Waals surface area (Å²) in [6, 6.07) is 10.9. The molecule has 14 heavy (non-hydrogen) atoms. The normalized spacial score (nSPS) is 29.0. The van der Waals surface area contributed by atoms with E-state index >= 15 is 0 Å². The van der Waals surface area contributed by atoms with Crippen LogP contribution in [0.2, 0.25) is 0 Å². The first kappa shape index (κ1) is 9.72. The van der Waals surface area contributed by atoms with E-state index in [2.05, 4.69) is 49.2 Å². The van der Waals surface area contributed by atoms with Gasteiger partial charge in [0.1, 0.15) is 0 Å². The summed E-state index contributed by atoms with van der Waals surface area (Å²) in [7, 11) is 2.22. The predicted octanol–water partition coefficient (Wildman–Crippen LogP) is 2.74. The molecule has 1 aromatic rings.